The molecule has 1 heterocycles. The summed E-state index contributed by atoms with van der Waals surface area (Å²) in [6, 6.07) is 0. The SMILES string of the molecule is CN1CCO[N]1. The Labute approximate surface area is 36.8 Å². The summed E-state index contributed by atoms with van der Waals surface area (Å²) in [5.74, 6) is 0. The highest BCUT2D eigenvalue weighted by atomic mass is 16.7. The third-order valence-corrected chi connectivity index (χ3v) is 0.703. The molecule has 6 heavy (non-hydrogen) atoms. The third-order valence-electron chi connectivity index (χ3n) is 0.703. The van der Waals surface area contributed by atoms with E-state index in [1.807, 2.05) is 7.05 Å². The summed E-state index contributed by atoms with van der Waals surface area (Å²) in [7, 11) is 1.88. The maximum Gasteiger partial charge on any atom is 0.0861 e. The number of nitrogens with zero attached hydrogens (tertiary/aromatic N) is 2. The van der Waals surface area contributed by atoms with Gasteiger partial charge in [0.05, 0.1) is 6.61 Å². The molecular weight excluding hydrogens is 80.0 g/mol. The van der Waals surface area contributed by atoms with Crippen molar-refractivity contribution in [1.29, 1.82) is 0 Å². The van der Waals surface area contributed by atoms with Crippen LogP contribution in [0.4, 0.5) is 0 Å². The maximum absolute atomic E-state index is 4.61. The number of hydrogen-bond donors (Lipinski definition) is 0. The van der Waals surface area contributed by atoms with Gasteiger partial charge in [0.1, 0.15) is 0 Å². The first-order chi connectivity index (χ1) is 2.89. The minimum Gasteiger partial charge on any atom is -0.265 e. The van der Waals surface area contributed by atoms with E-state index in [1.54, 1.807) is 5.01 Å². The van der Waals surface area contributed by atoms with Crippen molar-refractivity contribution in [1.82, 2.24) is 10.6 Å². The lowest BCUT2D eigenvalue weighted by atomic mass is 10.7. The molecule has 0 aromatic carbocycles. The van der Waals surface area contributed by atoms with E-state index in [1.165, 1.54) is 0 Å². The van der Waals surface area contributed by atoms with Gasteiger partial charge in [-0.15, -0.1) is 0 Å². The van der Waals surface area contributed by atoms with E-state index in [-0.39, 0.29) is 0 Å². The van der Waals surface area contributed by atoms with Crippen molar-refractivity contribution >= 4 is 0 Å². The molecular formula is C3H7N2O. The first-order valence-electron chi connectivity index (χ1n) is 1.93. The van der Waals surface area contributed by atoms with E-state index in [9.17, 15) is 0 Å². The largest absolute Gasteiger partial charge is 0.265 e. The zero-order valence-electron chi connectivity index (χ0n) is 3.72. The van der Waals surface area contributed by atoms with Gasteiger partial charge < -0.3 is 0 Å². The lowest BCUT2D eigenvalue weighted by Crippen LogP contribution is -2.17. The van der Waals surface area contributed by atoms with Gasteiger partial charge in [0.15, 0.2) is 0 Å². The Kier molecular flexibility index (Phi) is 1.05. The molecule has 0 aromatic heterocycles. The lowest BCUT2D eigenvalue weighted by molar-refractivity contribution is 0.0145. The van der Waals surface area contributed by atoms with Crippen LogP contribution in [0.1, 0.15) is 0 Å². The Hall–Kier alpha value is -0.120. The van der Waals surface area contributed by atoms with Gasteiger partial charge in [0.25, 0.3) is 0 Å². The fourth-order valence-electron chi connectivity index (χ4n) is 0.353. The predicted octanol–water partition coefficient (Wildman–Crippen LogP) is -0.617. The highest BCUT2D eigenvalue weighted by molar-refractivity contribution is 4.40. The van der Waals surface area contributed by atoms with E-state index in [2.05, 4.69) is 10.4 Å². The maximum atomic E-state index is 4.61. The zero-order valence-corrected chi connectivity index (χ0v) is 3.72. The molecule has 0 aliphatic carbocycles. The molecule has 3 heteroatoms. The summed E-state index contributed by atoms with van der Waals surface area (Å²) < 4.78 is 0. The molecule has 0 aromatic rings. The monoisotopic (exact) mass is 87.1 g/mol. The van der Waals surface area contributed by atoms with Crippen LogP contribution in [0.25, 0.3) is 0 Å². The molecule has 1 aliphatic rings. The highest BCUT2D eigenvalue weighted by Crippen LogP contribution is 1.86. The van der Waals surface area contributed by atoms with Crippen LogP contribution >= 0.6 is 0 Å². The molecule has 0 saturated carbocycles. The van der Waals surface area contributed by atoms with Gasteiger partial charge in [-0.1, -0.05) is 0 Å². The fraction of sp³-hybridized carbons (Fsp3) is 1.00. The van der Waals surface area contributed by atoms with Gasteiger partial charge in [0.2, 0.25) is 0 Å². The highest BCUT2D eigenvalue weighted by Gasteiger charge is 2.05. The van der Waals surface area contributed by atoms with Crippen molar-refractivity contribution in [3.05, 3.63) is 0 Å². The zero-order chi connectivity index (χ0) is 4.41. The molecule has 1 aliphatic heterocycles. The van der Waals surface area contributed by atoms with Gasteiger partial charge in [-0.2, -0.15) is 0 Å². The summed E-state index contributed by atoms with van der Waals surface area (Å²) in [4.78, 5) is 4.61. The first kappa shape index (κ1) is 4.05. The van der Waals surface area contributed by atoms with E-state index in [0.717, 1.165) is 13.2 Å². The standard InChI is InChI=1S/C3H7N2O/c1-5-2-3-6-4-5/h2-3H2,1H3. The van der Waals surface area contributed by atoms with Crippen LogP contribution in [0.2, 0.25) is 0 Å². The molecule has 0 bridgehead atoms. The number of hydrogen-bond acceptors (Lipinski definition) is 2. The second kappa shape index (κ2) is 1.55. The molecule has 0 spiro atoms. The summed E-state index contributed by atoms with van der Waals surface area (Å²) in [6.45, 7) is 1.68. The van der Waals surface area contributed by atoms with E-state index < -0.39 is 0 Å². The Morgan fingerprint density at radius 2 is 2.67 bits per heavy atom. The molecule has 1 rings (SSSR count). The van der Waals surface area contributed by atoms with Crippen molar-refractivity contribution in [2.75, 3.05) is 20.2 Å². The first-order valence-corrected chi connectivity index (χ1v) is 1.93. The Morgan fingerprint density at radius 1 is 1.83 bits per heavy atom. The molecule has 0 amide bonds. The van der Waals surface area contributed by atoms with Crippen molar-refractivity contribution in [2.24, 2.45) is 0 Å². The molecule has 35 valence electrons. The Morgan fingerprint density at radius 3 is 2.83 bits per heavy atom. The Balaban J connectivity index is 2.18. The van der Waals surface area contributed by atoms with Gasteiger partial charge in [-0.05, 0) is 5.59 Å². The van der Waals surface area contributed by atoms with Crippen LogP contribution in [0, 0.1) is 0 Å². The average Bonchev–Trinajstić information content (AvgIpc) is 1.86. The minimum absolute atomic E-state index is 0.747. The van der Waals surface area contributed by atoms with E-state index in [0.29, 0.717) is 0 Å². The molecule has 1 fully saturated rings. The van der Waals surface area contributed by atoms with Crippen molar-refractivity contribution in [3.8, 4) is 0 Å². The average molecular weight is 87.1 g/mol. The minimum atomic E-state index is 0.747. The predicted molar refractivity (Wildman–Crippen MR) is 20.7 cm³/mol. The van der Waals surface area contributed by atoms with Crippen LogP contribution in [-0.4, -0.2) is 25.2 Å². The second-order valence-electron chi connectivity index (χ2n) is 1.30. The van der Waals surface area contributed by atoms with Crippen molar-refractivity contribution in [3.63, 3.8) is 0 Å². The smallest absolute Gasteiger partial charge is 0.0861 e. The van der Waals surface area contributed by atoms with Gasteiger partial charge >= 0.3 is 0 Å². The van der Waals surface area contributed by atoms with E-state index in [4.69, 9.17) is 0 Å². The van der Waals surface area contributed by atoms with Gasteiger partial charge in [-0.3, -0.25) is 4.84 Å². The summed E-state index contributed by atoms with van der Waals surface area (Å²) >= 11 is 0. The van der Waals surface area contributed by atoms with Crippen LogP contribution in [0.3, 0.4) is 0 Å². The Bertz CT molecular complexity index is 42.1. The van der Waals surface area contributed by atoms with Gasteiger partial charge in [-0.25, -0.2) is 5.01 Å². The lowest BCUT2D eigenvalue weighted by Gasteiger charge is -1.95. The number of likely N-dealkylation sites (N-methyl/N-ethyl adjacent to an activating group) is 1. The third kappa shape index (κ3) is 0.680. The molecule has 1 saturated heterocycles. The summed E-state index contributed by atoms with van der Waals surface area (Å²) in [6.07, 6.45) is 0. The van der Waals surface area contributed by atoms with Crippen LogP contribution < -0.4 is 5.59 Å². The normalized spacial score (nSPS) is 25.5. The van der Waals surface area contributed by atoms with E-state index >= 15 is 0 Å². The summed E-state index contributed by atoms with van der Waals surface area (Å²) in [5.41, 5.74) is 3.57. The quantitative estimate of drug-likeness (QED) is 0.393. The molecule has 0 unspecified atom stereocenters. The fourth-order valence-corrected chi connectivity index (χ4v) is 0.353. The molecule has 1 radical (unpaired) electrons. The molecule has 3 nitrogen and oxygen atoms in total. The molecule has 0 atom stereocenters. The van der Waals surface area contributed by atoms with Crippen LogP contribution in [0.15, 0.2) is 0 Å². The van der Waals surface area contributed by atoms with Crippen LogP contribution in [0.5, 0.6) is 0 Å². The molecule has 0 N–H and O–H groups in total. The second-order valence-corrected chi connectivity index (χ2v) is 1.30. The van der Waals surface area contributed by atoms with Crippen LogP contribution in [-0.2, 0) is 4.84 Å². The van der Waals surface area contributed by atoms with Crippen molar-refractivity contribution < 1.29 is 4.84 Å². The van der Waals surface area contributed by atoms with Gasteiger partial charge in [0, 0.05) is 13.6 Å². The topological polar surface area (TPSA) is 26.6 Å². The number of rotatable bonds is 0. The van der Waals surface area contributed by atoms with Crippen molar-refractivity contribution in [2.45, 2.75) is 0 Å². The summed E-state index contributed by atoms with van der Waals surface area (Å²) in [5, 5.41) is 1.76.